The van der Waals surface area contributed by atoms with Gasteiger partial charge in [-0.2, -0.15) is 0 Å². The Balaban J connectivity index is 0. The van der Waals surface area contributed by atoms with Gasteiger partial charge in [0.25, 0.3) is 0 Å². The summed E-state index contributed by atoms with van der Waals surface area (Å²) in [5.41, 5.74) is 0. The van der Waals surface area contributed by atoms with Gasteiger partial charge in [0.05, 0.1) is 27.2 Å². The number of quaternary nitrogens is 1. The molecule has 0 spiro atoms. The second-order valence-corrected chi connectivity index (χ2v) is 10.6. The first kappa shape index (κ1) is 35.6. The van der Waals surface area contributed by atoms with E-state index in [4.69, 9.17) is 5.11 Å². The largest absolute Gasteiger partial charge is 1.00 e. The summed E-state index contributed by atoms with van der Waals surface area (Å²) in [7, 11) is 4.24. The van der Waals surface area contributed by atoms with Crippen LogP contribution in [-0.4, -0.2) is 55.8 Å². The van der Waals surface area contributed by atoms with Gasteiger partial charge in [0, 0.05) is 19.4 Å². The lowest BCUT2D eigenvalue weighted by Gasteiger charge is -2.28. The van der Waals surface area contributed by atoms with Gasteiger partial charge >= 0.3 is 0 Å². The lowest BCUT2D eigenvalue weighted by atomic mass is 10.1. The lowest BCUT2D eigenvalue weighted by molar-refractivity contribution is -0.890. The minimum absolute atomic E-state index is 0. The minimum atomic E-state index is 0. The molecule has 204 valence electrons. The van der Waals surface area contributed by atoms with Crippen LogP contribution in [0.5, 0.6) is 0 Å². The second kappa shape index (κ2) is 27.0. The van der Waals surface area contributed by atoms with Crippen molar-refractivity contribution in [2.45, 2.75) is 129 Å². The smallest absolute Gasteiger partial charge is 0.219 e. The maximum Gasteiger partial charge on any atom is 0.219 e. The van der Waals surface area contributed by atoms with Crippen molar-refractivity contribution in [3.63, 3.8) is 0 Å². The number of halogens is 1. The van der Waals surface area contributed by atoms with E-state index in [9.17, 15) is 4.79 Å². The predicted octanol–water partition coefficient (Wildman–Crippen LogP) is 4.16. The van der Waals surface area contributed by atoms with Crippen LogP contribution >= 0.6 is 0 Å². The monoisotopic (exact) mass is 502 g/mol. The number of carbonyl (C=O) groups excluding carboxylic acids is 1. The molecular weight excluding hydrogens is 444 g/mol. The summed E-state index contributed by atoms with van der Waals surface area (Å²) in [5.74, 6) is 0.198. The Morgan fingerprint density at radius 1 is 0.706 bits per heavy atom. The van der Waals surface area contributed by atoms with Crippen molar-refractivity contribution in [2.24, 2.45) is 0 Å². The molecule has 0 saturated carbocycles. The van der Waals surface area contributed by atoms with E-state index in [2.05, 4.69) is 38.5 Å². The van der Waals surface area contributed by atoms with E-state index in [1.165, 1.54) is 103 Å². The highest BCUT2D eigenvalue weighted by atomic mass is 35.5. The number of rotatable bonds is 25. The van der Waals surface area contributed by atoms with Crippen molar-refractivity contribution < 1.29 is 26.8 Å². The zero-order valence-electron chi connectivity index (χ0n) is 23.1. The number of hydrogen-bond acceptors (Lipinski definition) is 2. The minimum Gasteiger partial charge on any atom is -1.00 e. The first-order valence-corrected chi connectivity index (χ1v) is 14.4. The van der Waals surface area contributed by atoms with Crippen LogP contribution in [0.15, 0.2) is 12.2 Å². The van der Waals surface area contributed by atoms with E-state index in [0.717, 1.165) is 37.0 Å². The summed E-state index contributed by atoms with van der Waals surface area (Å²) in [6.45, 7) is 5.00. The number of hydrogen-bond donors (Lipinski definition) is 2. The number of carbonyl (C=O) groups is 1. The summed E-state index contributed by atoms with van der Waals surface area (Å²) in [6, 6.07) is 0. The Morgan fingerprint density at radius 3 is 1.68 bits per heavy atom. The van der Waals surface area contributed by atoms with Crippen molar-refractivity contribution in [2.75, 3.05) is 40.3 Å². The topological polar surface area (TPSA) is 49.3 Å². The van der Waals surface area contributed by atoms with E-state index < -0.39 is 0 Å². The van der Waals surface area contributed by atoms with Crippen LogP contribution in [0.25, 0.3) is 0 Å². The third kappa shape index (κ3) is 27.7. The standard InChI is InChI=1S/C29H58N2O2.ClH/c1-4-5-6-7-8-9-10-11-12-13-14-15-16-17-18-19-20-21-22-24-29(33)30-25-23-26-31(2,3)27-28-32;/h11-12,32H,4-10,13-28H2,1-3H3;1H/b12-11-;. The average Bonchev–Trinajstić information content (AvgIpc) is 2.78. The predicted molar refractivity (Wildman–Crippen MR) is 144 cm³/mol. The lowest BCUT2D eigenvalue weighted by Crippen LogP contribution is -3.00. The van der Waals surface area contributed by atoms with Crippen molar-refractivity contribution in [3.05, 3.63) is 12.2 Å². The van der Waals surface area contributed by atoms with E-state index in [0.29, 0.717) is 6.42 Å². The molecule has 0 atom stereocenters. The van der Waals surface area contributed by atoms with Crippen molar-refractivity contribution in [3.8, 4) is 0 Å². The Hall–Kier alpha value is -0.580. The molecule has 0 radical (unpaired) electrons. The van der Waals surface area contributed by atoms with Gasteiger partial charge in [-0.3, -0.25) is 4.79 Å². The van der Waals surface area contributed by atoms with Crippen LogP contribution in [0.1, 0.15) is 129 Å². The van der Waals surface area contributed by atoms with Crippen molar-refractivity contribution >= 4 is 5.91 Å². The summed E-state index contributed by atoms with van der Waals surface area (Å²) in [5, 5.41) is 12.1. The van der Waals surface area contributed by atoms with Crippen LogP contribution in [0.4, 0.5) is 0 Å². The summed E-state index contributed by atoms with van der Waals surface area (Å²) in [4.78, 5) is 11.9. The van der Waals surface area contributed by atoms with Crippen LogP contribution < -0.4 is 17.7 Å². The molecule has 0 aromatic rings. The number of aliphatic hydroxyl groups excluding tert-OH is 1. The van der Waals surface area contributed by atoms with Gasteiger partial charge < -0.3 is 27.3 Å². The van der Waals surface area contributed by atoms with Crippen LogP contribution in [0, 0.1) is 0 Å². The molecule has 4 nitrogen and oxygen atoms in total. The van der Waals surface area contributed by atoms with Gasteiger partial charge in [-0.05, 0) is 32.1 Å². The molecule has 0 fully saturated rings. The fraction of sp³-hybridized carbons (Fsp3) is 0.897. The van der Waals surface area contributed by atoms with E-state index in [-0.39, 0.29) is 24.9 Å². The molecule has 0 aromatic carbocycles. The molecule has 0 aliphatic carbocycles. The number of nitrogens with one attached hydrogen (secondary N) is 1. The molecule has 0 heterocycles. The van der Waals surface area contributed by atoms with E-state index >= 15 is 0 Å². The molecule has 2 N–H and O–H groups in total. The van der Waals surface area contributed by atoms with Gasteiger partial charge in [0.1, 0.15) is 6.54 Å². The van der Waals surface area contributed by atoms with E-state index in [1.54, 1.807) is 0 Å². The molecule has 1 amide bonds. The first-order chi connectivity index (χ1) is 16.0. The van der Waals surface area contributed by atoms with Crippen LogP contribution in [-0.2, 0) is 4.79 Å². The number of aliphatic hydroxyl groups is 1. The average molecular weight is 503 g/mol. The molecule has 5 heteroatoms. The Morgan fingerprint density at radius 2 is 1.18 bits per heavy atom. The van der Waals surface area contributed by atoms with Gasteiger partial charge in [-0.15, -0.1) is 0 Å². The highest BCUT2D eigenvalue weighted by Crippen LogP contribution is 2.12. The normalized spacial score (nSPS) is 11.6. The number of amides is 1. The Bertz CT molecular complexity index is 455. The quantitative estimate of drug-likeness (QED) is 0.112. The van der Waals surface area contributed by atoms with Gasteiger partial charge in [0.15, 0.2) is 0 Å². The maximum atomic E-state index is 11.9. The number of nitrogens with zero attached hydrogens (tertiary/aromatic N) is 1. The fourth-order valence-corrected chi connectivity index (χ4v) is 4.27. The number of likely N-dealkylation sites (N-methyl/N-ethyl adjacent to an activating group) is 1. The third-order valence-electron chi connectivity index (χ3n) is 6.63. The van der Waals surface area contributed by atoms with Gasteiger partial charge in [-0.25, -0.2) is 0 Å². The highest BCUT2D eigenvalue weighted by molar-refractivity contribution is 5.75. The zero-order chi connectivity index (χ0) is 24.5. The van der Waals surface area contributed by atoms with Gasteiger partial charge in [0.2, 0.25) is 5.91 Å². The molecule has 34 heavy (non-hydrogen) atoms. The van der Waals surface area contributed by atoms with Crippen molar-refractivity contribution in [1.29, 1.82) is 0 Å². The highest BCUT2D eigenvalue weighted by Gasteiger charge is 2.13. The molecule has 0 unspecified atom stereocenters. The molecule has 0 aliphatic rings. The number of unbranched alkanes of at least 4 members (excludes halogenated alkanes) is 15. The Kier molecular flexibility index (Phi) is 28.3. The van der Waals surface area contributed by atoms with Crippen LogP contribution in [0.2, 0.25) is 0 Å². The van der Waals surface area contributed by atoms with Crippen LogP contribution in [0.3, 0.4) is 0 Å². The molecule has 0 rings (SSSR count). The fourth-order valence-electron chi connectivity index (χ4n) is 4.27. The second-order valence-electron chi connectivity index (χ2n) is 10.6. The molecule has 0 saturated heterocycles. The molecule has 0 bridgehead atoms. The molecule has 0 aromatic heterocycles. The van der Waals surface area contributed by atoms with Gasteiger partial charge in [-0.1, -0.05) is 96.1 Å². The number of allylic oxidation sites excluding steroid dienone is 2. The zero-order valence-corrected chi connectivity index (χ0v) is 23.9. The van der Waals surface area contributed by atoms with Crippen molar-refractivity contribution in [1.82, 2.24) is 5.32 Å². The SMILES string of the molecule is CCCCCCCC/C=C\CCCCCCCCCCCC(=O)NCCC[N+](C)(C)CCO.[Cl-]. The summed E-state index contributed by atoms with van der Waals surface area (Å²) in [6.07, 6.45) is 28.9. The first-order valence-electron chi connectivity index (χ1n) is 14.4. The molecule has 0 aliphatic heterocycles. The molecular formula is C29H59ClN2O2. The maximum absolute atomic E-state index is 11.9. The Labute approximate surface area is 219 Å². The summed E-state index contributed by atoms with van der Waals surface area (Å²) < 4.78 is 0.808. The van der Waals surface area contributed by atoms with E-state index in [1.807, 2.05) is 0 Å². The summed E-state index contributed by atoms with van der Waals surface area (Å²) >= 11 is 0. The third-order valence-corrected chi connectivity index (χ3v) is 6.63.